The van der Waals surface area contributed by atoms with Crippen molar-refractivity contribution in [2.24, 2.45) is 0 Å². The summed E-state index contributed by atoms with van der Waals surface area (Å²) in [6, 6.07) is 6.30. The molecule has 82 valence electrons. The smallest absolute Gasteiger partial charge is 0.180 e. The Morgan fingerprint density at radius 3 is 2.47 bits per heavy atom. The number of sulfone groups is 1. The molecule has 15 heavy (non-hydrogen) atoms. The maximum absolute atomic E-state index is 11.7. The van der Waals surface area contributed by atoms with Gasteiger partial charge in [-0.1, -0.05) is 12.1 Å². The summed E-state index contributed by atoms with van der Waals surface area (Å²) < 4.78 is 22.4. The predicted molar refractivity (Wildman–Crippen MR) is 59.5 cm³/mol. The molecule has 0 amide bonds. The van der Waals surface area contributed by atoms with Gasteiger partial charge in [0.15, 0.2) is 15.6 Å². The van der Waals surface area contributed by atoms with Crippen molar-refractivity contribution in [2.45, 2.75) is 12.2 Å². The molecule has 0 bridgehead atoms. The van der Waals surface area contributed by atoms with Gasteiger partial charge in [-0.15, -0.1) is 0 Å². The molecule has 0 radical (unpaired) electrons. The molecule has 0 unspecified atom stereocenters. The molecule has 0 spiro atoms. The van der Waals surface area contributed by atoms with Crippen LogP contribution in [0.5, 0.6) is 0 Å². The van der Waals surface area contributed by atoms with Crippen molar-refractivity contribution in [1.82, 2.24) is 0 Å². The molecule has 0 aliphatic rings. The molecule has 1 aromatic rings. The number of hydrogen-bond acceptors (Lipinski definition) is 4. The van der Waals surface area contributed by atoms with Crippen LogP contribution in [0, 0.1) is 0 Å². The van der Waals surface area contributed by atoms with Crippen LogP contribution in [-0.4, -0.2) is 25.7 Å². The Hall–Kier alpha value is -1.36. The lowest BCUT2D eigenvalue weighted by Crippen LogP contribution is -2.26. The van der Waals surface area contributed by atoms with E-state index in [-0.39, 0.29) is 0 Å². The highest BCUT2D eigenvalue weighted by atomic mass is 32.2. The van der Waals surface area contributed by atoms with Crippen LogP contribution in [0.3, 0.4) is 0 Å². The van der Waals surface area contributed by atoms with E-state index in [1.54, 1.807) is 18.2 Å². The van der Waals surface area contributed by atoms with Gasteiger partial charge in [-0.25, -0.2) is 8.42 Å². The number of benzene rings is 1. The maximum Gasteiger partial charge on any atom is 0.180 e. The molecule has 2 N–H and O–H groups in total. The normalized spacial score (nSPS) is 13.5. The molecule has 0 saturated carbocycles. The Bertz CT molecular complexity index is 479. The van der Waals surface area contributed by atoms with Crippen molar-refractivity contribution < 1.29 is 13.2 Å². The van der Waals surface area contributed by atoms with Gasteiger partial charge in [0.05, 0.1) is 0 Å². The lowest BCUT2D eigenvalue weighted by Gasteiger charge is -2.08. The minimum Gasteiger partial charge on any atom is -0.399 e. The van der Waals surface area contributed by atoms with E-state index in [0.717, 1.165) is 6.26 Å². The van der Waals surface area contributed by atoms with Crippen molar-refractivity contribution in [2.75, 3.05) is 12.0 Å². The molecule has 5 heteroatoms. The summed E-state index contributed by atoms with van der Waals surface area (Å²) in [7, 11) is -3.35. The molecular weight excluding hydrogens is 214 g/mol. The van der Waals surface area contributed by atoms with E-state index >= 15 is 0 Å². The zero-order valence-corrected chi connectivity index (χ0v) is 9.41. The zero-order chi connectivity index (χ0) is 11.6. The highest BCUT2D eigenvalue weighted by Gasteiger charge is 2.24. The summed E-state index contributed by atoms with van der Waals surface area (Å²) >= 11 is 0. The van der Waals surface area contributed by atoms with Gasteiger partial charge in [-0.3, -0.25) is 4.79 Å². The molecular formula is C10H13NO3S. The third-order valence-corrected chi connectivity index (χ3v) is 3.68. The minimum atomic E-state index is -3.35. The van der Waals surface area contributed by atoms with E-state index < -0.39 is 20.9 Å². The molecule has 1 rings (SSSR count). The van der Waals surface area contributed by atoms with Crippen LogP contribution in [0.1, 0.15) is 17.3 Å². The Kier molecular flexibility index (Phi) is 3.14. The SMILES string of the molecule is C[C@@H](C(=O)c1cccc(N)c1)S(C)(=O)=O. The van der Waals surface area contributed by atoms with Crippen LogP contribution in [0.15, 0.2) is 24.3 Å². The number of Topliss-reactive ketones (excluding diaryl/α,β-unsaturated/α-hetero) is 1. The van der Waals surface area contributed by atoms with E-state index in [0.29, 0.717) is 11.3 Å². The first kappa shape index (κ1) is 11.7. The molecule has 4 nitrogen and oxygen atoms in total. The highest BCUT2D eigenvalue weighted by molar-refractivity contribution is 7.92. The topological polar surface area (TPSA) is 77.2 Å². The summed E-state index contributed by atoms with van der Waals surface area (Å²) in [6.45, 7) is 1.38. The minimum absolute atomic E-state index is 0.327. The summed E-state index contributed by atoms with van der Waals surface area (Å²) in [4.78, 5) is 11.7. The van der Waals surface area contributed by atoms with Gasteiger partial charge in [-0.2, -0.15) is 0 Å². The number of hydrogen-bond donors (Lipinski definition) is 1. The first-order valence-electron chi connectivity index (χ1n) is 4.41. The number of nitrogens with two attached hydrogens (primary N) is 1. The van der Waals surface area contributed by atoms with E-state index in [2.05, 4.69) is 0 Å². The summed E-state index contributed by atoms with van der Waals surface area (Å²) in [6.07, 6.45) is 1.04. The van der Waals surface area contributed by atoms with Crippen molar-refractivity contribution >= 4 is 21.3 Å². The second-order valence-electron chi connectivity index (χ2n) is 3.46. The quantitative estimate of drug-likeness (QED) is 0.614. The molecule has 0 heterocycles. The molecule has 0 aromatic heterocycles. The number of anilines is 1. The third-order valence-electron chi connectivity index (χ3n) is 2.18. The third kappa shape index (κ3) is 2.79. The number of rotatable bonds is 3. The van der Waals surface area contributed by atoms with Crippen molar-refractivity contribution in [3.8, 4) is 0 Å². The van der Waals surface area contributed by atoms with Gasteiger partial charge >= 0.3 is 0 Å². The molecule has 0 fully saturated rings. The first-order chi connectivity index (χ1) is 6.82. The fourth-order valence-corrected chi connectivity index (χ4v) is 1.65. The predicted octanol–water partition coefficient (Wildman–Crippen LogP) is 0.885. The van der Waals surface area contributed by atoms with Gasteiger partial charge in [0, 0.05) is 17.5 Å². The van der Waals surface area contributed by atoms with Crippen LogP contribution >= 0.6 is 0 Å². The first-order valence-corrected chi connectivity index (χ1v) is 6.36. The van der Waals surface area contributed by atoms with Crippen molar-refractivity contribution in [3.05, 3.63) is 29.8 Å². The van der Waals surface area contributed by atoms with Gasteiger partial charge in [0.2, 0.25) is 0 Å². The second-order valence-corrected chi connectivity index (χ2v) is 5.83. The molecule has 1 atom stereocenters. The Morgan fingerprint density at radius 1 is 1.40 bits per heavy atom. The average molecular weight is 227 g/mol. The van der Waals surface area contributed by atoms with Crippen molar-refractivity contribution in [1.29, 1.82) is 0 Å². The summed E-state index contributed by atoms with van der Waals surface area (Å²) in [5.41, 5.74) is 6.28. The number of carbonyl (C=O) groups is 1. The Labute approximate surface area is 89.0 Å². The standard InChI is InChI=1S/C10H13NO3S/c1-7(15(2,13)14)10(12)8-4-3-5-9(11)6-8/h3-7H,11H2,1-2H3/t7-/m0/s1. The van der Waals surface area contributed by atoms with Gasteiger partial charge in [0.25, 0.3) is 0 Å². The Morgan fingerprint density at radius 2 is 2.00 bits per heavy atom. The average Bonchev–Trinajstić information content (AvgIpc) is 2.14. The van der Waals surface area contributed by atoms with E-state index in [1.807, 2.05) is 0 Å². The summed E-state index contributed by atoms with van der Waals surface area (Å²) in [5, 5.41) is -1.03. The molecule has 0 aliphatic heterocycles. The second kappa shape index (κ2) is 4.02. The fourth-order valence-electron chi connectivity index (χ4n) is 1.12. The molecule has 0 aliphatic carbocycles. The van der Waals surface area contributed by atoms with E-state index in [1.165, 1.54) is 13.0 Å². The fraction of sp³-hybridized carbons (Fsp3) is 0.300. The zero-order valence-electron chi connectivity index (χ0n) is 8.60. The Balaban J connectivity index is 3.06. The number of ketones is 1. The highest BCUT2D eigenvalue weighted by Crippen LogP contribution is 2.12. The number of nitrogen functional groups attached to an aromatic ring is 1. The monoisotopic (exact) mass is 227 g/mol. The molecule has 1 aromatic carbocycles. The van der Waals surface area contributed by atoms with Crippen molar-refractivity contribution in [3.63, 3.8) is 0 Å². The lowest BCUT2D eigenvalue weighted by molar-refractivity contribution is 0.0991. The van der Waals surface area contributed by atoms with Crippen LogP contribution in [0.4, 0.5) is 5.69 Å². The molecule has 0 saturated heterocycles. The lowest BCUT2D eigenvalue weighted by atomic mass is 10.1. The van der Waals surface area contributed by atoms with Crippen LogP contribution in [0.25, 0.3) is 0 Å². The largest absolute Gasteiger partial charge is 0.399 e. The van der Waals surface area contributed by atoms with E-state index in [4.69, 9.17) is 5.73 Å². The van der Waals surface area contributed by atoms with Gasteiger partial charge in [0.1, 0.15) is 5.25 Å². The number of carbonyl (C=O) groups excluding carboxylic acids is 1. The van der Waals surface area contributed by atoms with Gasteiger partial charge < -0.3 is 5.73 Å². The van der Waals surface area contributed by atoms with E-state index in [9.17, 15) is 13.2 Å². The maximum atomic E-state index is 11.7. The van der Waals surface area contributed by atoms with Gasteiger partial charge in [-0.05, 0) is 19.1 Å². The van der Waals surface area contributed by atoms with Crippen LogP contribution < -0.4 is 5.73 Å². The van der Waals surface area contributed by atoms with Crippen LogP contribution in [0.2, 0.25) is 0 Å². The summed E-state index contributed by atoms with van der Waals surface area (Å²) in [5.74, 6) is -0.426. The van der Waals surface area contributed by atoms with Crippen LogP contribution in [-0.2, 0) is 9.84 Å².